The van der Waals surface area contributed by atoms with Crippen LogP contribution >= 0.6 is 0 Å². The summed E-state index contributed by atoms with van der Waals surface area (Å²) in [5.41, 5.74) is 0.156. The molecule has 2 aromatic carbocycles. The minimum atomic E-state index is -0.780. The molecule has 0 aliphatic rings. The molecule has 0 aliphatic heterocycles. The third-order valence-corrected chi connectivity index (χ3v) is 4.22. The Morgan fingerprint density at radius 2 is 1.87 bits per heavy atom. The van der Waals surface area contributed by atoms with E-state index in [-0.39, 0.29) is 5.97 Å². The van der Waals surface area contributed by atoms with Gasteiger partial charge >= 0.3 is 5.97 Å². The molecule has 1 unspecified atom stereocenters. The molecule has 1 aromatic heterocycles. The summed E-state index contributed by atoms with van der Waals surface area (Å²) in [6, 6.07) is 18.0. The summed E-state index contributed by atoms with van der Waals surface area (Å²) in [6.07, 6.45) is 2.10. The van der Waals surface area contributed by atoms with Gasteiger partial charge in [-0.3, -0.25) is 4.79 Å². The third kappa shape index (κ3) is 3.00. The zero-order chi connectivity index (χ0) is 16.3. The molecule has 23 heavy (non-hydrogen) atoms. The molecule has 0 aliphatic carbocycles. The molecule has 0 saturated carbocycles. The fourth-order valence-corrected chi connectivity index (χ4v) is 2.88. The zero-order valence-corrected chi connectivity index (χ0v) is 13.4. The van der Waals surface area contributed by atoms with Crippen molar-refractivity contribution >= 4 is 16.7 Å². The minimum absolute atomic E-state index is 0.230. The Balaban J connectivity index is 2.06. The second kappa shape index (κ2) is 6.29. The molecule has 0 fully saturated rings. The van der Waals surface area contributed by atoms with Gasteiger partial charge in [0, 0.05) is 6.42 Å². The Labute approximate surface area is 135 Å². The Hall–Kier alpha value is -2.55. The summed E-state index contributed by atoms with van der Waals surface area (Å²) >= 11 is 0. The maximum atomic E-state index is 12.7. The Morgan fingerprint density at radius 1 is 1.09 bits per heavy atom. The summed E-state index contributed by atoms with van der Waals surface area (Å²) in [5, 5.41) is 2.26. The SMILES string of the molecule is CCOC(=O)C(C)(Cc1ccco1)c1ccc2ccccc2c1. The van der Waals surface area contributed by atoms with Gasteiger partial charge in [0.25, 0.3) is 0 Å². The number of rotatable bonds is 5. The van der Waals surface area contributed by atoms with E-state index >= 15 is 0 Å². The number of furan rings is 1. The summed E-state index contributed by atoms with van der Waals surface area (Å²) in [5.74, 6) is 0.542. The van der Waals surface area contributed by atoms with Gasteiger partial charge in [-0.2, -0.15) is 0 Å². The second-order valence-corrected chi connectivity index (χ2v) is 5.87. The largest absolute Gasteiger partial charge is 0.469 e. The van der Waals surface area contributed by atoms with Gasteiger partial charge in [0.15, 0.2) is 0 Å². The number of fused-ring (bicyclic) bond motifs is 1. The van der Waals surface area contributed by atoms with Crippen LogP contribution in [-0.2, 0) is 21.4 Å². The summed E-state index contributed by atoms with van der Waals surface area (Å²) in [7, 11) is 0. The van der Waals surface area contributed by atoms with Crippen molar-refractivity contribution in [2.45, 2.75) is 25.7 Å². The topological polar surface area (TPSA) is 39.4 Å². The van der Waals surface area contributed by atoms with Gasteiger partial charge in [-0.25, -0.2) is 0 Å². The van der Waals surface area contributed by atoms with Crippen LogP contribution in [-0.4, -0.2) is 12.6 Å². The molecule has 0 saturated heterocycles. The van der Waals surface area contributed by atoms with Crippen molar-refractivity contribution in [2.75, 3.05) is 6.61 Å². The Bertz CT molecular complexity index is 805. The fourth-order valence-electron chi connectivity index (χ4n) is 2.88. The van der Waals surface area contributed by atoms with Crippen molar-refractivity contribution in [1.29, 1.82) is 0 Å². The summed E-state index contributed by atoms with van der Waals surface area (Å²) in [6.45, 7) is 4.10. The van der Waals surface area contributed by atoms with Crippen LogP contribution in [0.5, 0.6) is 0 Å². The predicted molar refractivity (Wildman–Crippen MR) is 90.3 cm³/mol. The molecule has 3 heteroatoms. The number of hydrogen-bond acceptors (Lipinski definition) is 3. The van der Waals surface area contributed by atoms with Gasteiger partial charge in [-0.15, -0.1) is 0 Å². The lowest BCUT2D eigenvalue weighted by atomic mass is 9.78. The first-order valence-corrected chi connectivity index (χ1v) is 7.82. The second-order valence-electron chi connectivity index (χ2n) is 5.87. The first kappa shape index (κ1) is 15.3. The smallest absolute Gasteiger partial charge is 0.316 e. The third-order valence-electron chi connectivity index (χ3n) is 4.22. The van der Waals surface area contributed by atoms with Crippen LogP contribution in [0.4, 0.5) is 0 Å². The van der Waals surface area contributed by atoms with E-state index in [2.05, 4.69) is 18.2 Å². The van der Waals surface area contributed by atoms with Crippen molar-refractivity contribution in [3.8, 4) is 0 Å². The van der Waals surface area contributed by atoms with Crippen LogP contribution in [0.25, 0.3) is 10.8 Å². The number of benzene rings is 2. The van der Waals surface area contributed by atoms with Gasteiger partial charge in [0.05, 0.1) is 18.3 Å². The summed E-state index contributed by atoms with van der Waals surface area (Å²) < 4.78 is 10.8. The van der Waals surface area contributed by atoms with Crippen LogP contribution in [0.1, 0.15) is 25.2 Å². The van der Waals surface area contributed by atoms with Gasteiger partial charge < -0.3 is 9.15 Å². The number of carbonyl (C=O) groups is 1. The average Bonchev–Trinajstić information content (AvgIpc) is 3.07. The molecule has 1 atom stereocenters. The van der Waals surface area contributed by atoms with Gasteiger partial charge in [-0.05, 0) is 42.3 Å². The molecule has 118 valence electrons. The van der Waals surface area contributed by atoms with Crippen molar-refractivity contribution < 1.29 is 13.9 Å². The van der Waals surface area contributed by atoms with Crippen LogP contribution < -0.4 is 0 Å². The van der Waals surface area contributed by atoms with Crippen LogP contribution in [0.2, 0.25) is 0 Å². The molecular weight excluding hydrogens is 288 g/mol. The van der Waals surface area contributed by atoms with E-state index in [4.69, 9.17) is 9.15 Å². The molecule has 3 rings (SSSR count). The van der Waals surface area contributed by atoms with Crippen molar-refractivity contribution in [2.24, 2.45) is 0 Å². The average molecular weight is 308 g/mol. The van der Waals surface area contributed by atoms with Gasteiger partial charge in [0.1, 0.15) is 5.76 Å². The molecule has 0 N–H and O–H groups in total. The van der Waals surface area contributed by atoms with Crippen molar-refractivity contribution in [3.63, 3.8) is 0 Å². The lowest BCUT2D eigenvalue weighted by molar-refractivity contribution is -0.149. The van der Waals surface area contributed by atoms with Gasteiger partial charge in [-0.1, -0.05) is 42.5 Å². The van der Waals surface area contributed by atoms with Crippen molar-refractivity contribution in [1.82, 2.24) is 0 Å². The van der Waals surface area contributed by atoms with E-state index in [0.717, 1.165) is 22.1 Å². The van der Waals surface area contributed by atoms with Crippen LogP contribution in [0, 0.1) is 0 Å². The Kier molecular flexibility index (Phi) is 4.20. The zero-order valence-electron chi connectivity index (χ0n) is 13.4. The normalized spacial score (nSPS) is 13.7. The maximum Gasteiger partial charge on any atom is 0.316 e. The van der Waals surface area contributed by atoms with Crippen LogP contribution in [0.3, 0.4) is 0 Å². The molecule has 1 heterocycles. The van der Waals surface area contributed by atoms with E-state index in [1.807, 2.05) is 50.2 Å². The highest BCUT2D eigenvalue weighted by atomic mass is 16.5. The number of ether oxygens (including phenoxy) is 1. The van der Waals surface area contributed by atoms with Crippen molar-refractivity contribution in [3.05, 3.63) is 72.2 Å². The highest BCUT2D eigenvalue weighted by molar-refractivity contribution is 5.88. The quantitative estimate of drug-likeness (QED) is 0.652. The molecular formula is C20H20O3. The van der Waals surface area contributed by atoms with Crippen LogP contribution in [0.15, 0.2) is 65.3 Å². The predicted octanol–water partition coefficient (Wildman–Crippen LogP) is 4.50. The van der Waals surface area contributed by atoms with E-state index < -0.39 is 5.41 Å². The maximum absolute atomic E-state index is 12.7. The molecule has 0 radical (unpaired) electrons. The number of esters is 1. The first-order valence-electron chi connectivity index (χ1n) is 7.82. The monoisotopic (exact) mass is 308 g/mol. The van der Waals surface area contributed by atoms with E-state index in [1.54, 1.807) is 6.26 Å². The molecule has 0 bridgehead atoms. The standard InChI is InChI=1S/C20H20O3/c1-3-22-19(21)20(2,14-18-9-6-12-23-18)17-11-10-15-7-4-5-8-16(15)13-17/h4-13H,3,14H2,1-2H3. The van der Waals surface area contributed by atoms with E-state index in [1.165, 1.54) is 0 Å². The van der Waals surface area contributed by atoms with Gasteiger partial charge in [0.2, 0.25) is 0 Å². The molecule has 3 nitrogen and oxygen atoms in total. The first-order chi connectivity index (χ1) is 11.1. The highest BCUT2D eigenvalue weighted by Crippen LogP contribution is 2.32. The lowest BCUT2D eigenvalue weighted by Crippen LogP contribution is -2.36. The number of carbonyl (C=O) groups excluding carboxylic acids is 1. The highest BCUT2D eigenvalue weighted by Gasteiger charge is 2.38. The lowest BCUT2D eigenvalue weighted by Gasteiger charge is -2.27. The molecule has 0 spiro atoms. The minimum Gasteiger partial charge on any atom is -0.469 e. The fraction of sp³-hybridized carbons (Fsp3) is 0.250. The summed E-state index contributed by atoms with van der Waals surface area (Å²) in [4.78, 5) is 12.7. The van der Waals surface area contributed by atoms with E-state index in [9.17, 15) is 4.79 Å². The van der Waals surface area contributed by atoms with E-state index in [0.29, 0.717) is 13.0 Å². The molecule has 0 amide bonds. The number of hydrogen-bond donors (Lipinski definition) is 0. The Morgan fingerprint density at radius 3 is 2.57 bits per heavy atom. The molecule has 3 aromatic rings.